The van der Waals surface area contributed by atoms with Crippen LogP contribution in [0.5, 0.6) is 0 Å². The van der Waals surface area contributed by atoms with Crippen molar-refractivity contribution >= 4 is 21.5 Å². The van der Waals surface area contributed by atoms with Gasteiger partial charge >= 0.3 is 0 Å². The summed E-state index contributed by atoms with van der Waals surface area (Å²) < 4.78 is 26.8. The third kappa shape index (κ3) is 2.47. The third-order valence-electron chi connectivity index (χ3n) is 4.88. The number of rotatable bonds is 3. The zero-order valence-electron chi connectivity index (χ0n) is 13.3. The summed E-state index contributed by atoms with van der Waals surface area (Å²) in [5, 5.41) is 12.9. The van der Waals surface area contributed by atoms with E-state index in [-0.39, 0.29) is 0 Å². The van der Waals surface area contributed by atoms with Gasteiger partial charge in [0.2, 0.25) is 10.0 Å². The SMILES string of the molecule is CCc1nnc2ccc(N3CC4CN(S(C)(=O)=O)CC4C3)nn12. The van der Waals surface area contributed by atoms with Gasteiger partial charge in [0.1, 0.15) is 5.82 Å². The zero-order chi connectivity index (χ0) is 16.2. The molecule has 0 radical (unpaired) electrons. The second-order valence-corrected chi connectivity index (χ2v) is 8.42. The Morgan fingerprint density at radius 1 is 1.13 bits per heavy atom. The highest BCUT2D eigenvalue weighted by atomic mass is 32.2. The highest BCUT2D eigenvalue weighted by molar-refractivity contribution is 7.88. The molecule has 2 unspecified atom stereocenters. The van der Waals surface area contributed by atoms with Crippen LogP contribution >= 0.6 is 0 Å². The lowest BCUT2D eigenvalue weighted by atomic mass is 10.0. The maximum Gasteiger partial charge on any atom is 0.211 e. The monoisotopic (exact) mass is 336 g/mol. The molecule has 4 rings (SSSR count). The normalized spacial score (nSPS) is 25.4. The molecule has 23 heavy (non-hydrogen) atoms. The molecule has 0 aliphatic carbocycles. The molecule has 2 saturated heterocycles. The van der Waals surface area contributed by atoms with Gasteiger partial charge in [-0.25, -0.2) is 12.7 Å². The number of hydrogen-bond donors (Lipinski definition) is 0. The van der Waals surface area contributed by atoms with Gasteiger partial charge in [0.25, 0.3) is 0 Å². The molecule has 2 aromatic heterocycles. The Morgan fingerprint density at radius 3 is 2.43 bits per heavy atom. The summed E-state index contributed by atoms with van der Waals surface area (Å²) in [6.45, 7) is 4.96. The van der Waals surface area contributed by atoms with Crippen LogP contribution in [0.4, 0.5) is 5.82 Å². The van der Waals surface area contributed by atoms with Gasteiger partial charge in [-0.15, -0.1) is 15.3 Å². The van der Waals surface area contributed by atoms with Crippen molar-refractivity contribution in [2.24, 2.45) is 11.8 Å². The summed E-state index contributed by atoms with van der Waals surface area (Å²) >= 11 is 0. The molecule has 2 aliphatic heterocycles. The van der Waals surface area contributed by atoms with Crippen molar-refractivity contribution in [3.63, 3.8) is 0 Å². The highest BCUT2D eigenvalue weighted by Gasteiger charge is 2.43. The summed E-state index contributed by atoms with van der Waals surface area (Å²) in [5.41, 5.74) is 0.758. The van der Waals surface area contributed by atoms with Crippen molar-refractivity contribution in [1.82, 2.24) is 24.1 Å². The predicted octanol–water partition coefficient (Wildman–Crippen LogP) is 0.0143. The fraction of sp³-hybridized carbons (Fsp3) is 0.643. The van der Waals surface area contributed by atoms with Gasteiger partial charge in [-0.05, 0) is 24.0 Å². The average Bonchev–Trinajstić information content (AvgIpc) is 3.17. The molecule has 2 aromatic rings. The first-order chi connectivity index (χ1) is 11.0. The highest BCUT2D eigenvalue weighted by Crippen LogP contribution is 2.34. The molecule has 0 amide bonds. The maximum atomic E-state index is 11.7. The number of sulfonamides is 1. The van der Waals surface area contributed by atoms with Gasteiger partial charge in [0, 0.05) is 32.6 Å². The molecule has 0 aromatic carbocycles. The van der Waals surface area contributed by atoms with E-state index in [1.54, 1.807) is 8.82 Å². The smallest absolute Gasteiger partial charge is 0.211 e. The van der Waals surface area contributed by atoms with E-state index in [4.69, 9.17) is 0 Å². The van der Waals surface area contributed by atoms with Gasteiger partial charge in [-0.2, -0.15) is 4.52 Å². The number of fused-ring (bicyclic) bond motifs is 2. The minimum Gasteiger partial charge on any atom is -0.355 e. The topological polar surface area (TPSA) is 83.7 Å². The average molecular weight is 336 g/mol. The minimum atomic E-state index is -3.08. The standard InChI is InChI=1S/C14H20N6O2S/c1-3-12-15-16-13-4-5-14(17-20(12)13)18-6-10-8-19(23(2,21)22)9-11(10)7-18/h4-5,10-11H,3,6-9H2,1-2H3. The molecule has 4 heterocycles. The Hall–Kier alpha value is -1.74. The Labute approximate surface area is 135 Å². The van der Waals surface area contributed by atoms with Crippen LogP contribution in [0.1, 0.15) is 12.7 Å². The van der Waals surface area contributed by atoms with Gasteiger partial charge in [-0.3, -0.25) is 0 Å². The fourth-order valence-electron chi connectivity index (χ4n) is 3.62. The lowest BCUT2D eigenvalue weighted by Gasteiger charge is -2.21. The van der Waals surface area contributed by atoms with E-state index in [9.17, 15) is 8.42 Å². The van der Waals surface area contributed by atoms with Crippen LogP contribution in [-0.4, -0.2) is 65.0 Å². The summed E-state index contributed by atoms with van der Waals surface area (Å²) in [4.78, 5) is 2.24. The first kappa shape index (κ1) is 14.8. The molecule has 0 N–H and O–H groups in total. The van der Waals surface area contributed by atoms with Crippen molar-refractivity contribution in [3.05, 3.63) is 18.0 Å². The molecule has 124 valence electrons. The van der Waals surface area contributed by atoms with Crippen molar-refractivity contribution in [2.75, 3.05) is 37.3 Å². The van der Waals surface area contributed by atoms with E-state index in [0.29, 0.717) is 24.9 Å². The zero-order valence-corrected chi connectivity index (χ0v) is 14.1. The predicted molar refractivity (Wildman–Crippen MR) is 85.8 cm³/mol. The van der Waals surface area contributed by atoms with E-state index in [1.807, 2.05) is 19.1 Å². The largest absolute Gasteiger partial charge is 0.355 e. The van der Waals surface area contributed by atoms with Crippen molar-refractivity contribution in [2.45, 2.75) is 13.3 Å². The lowest BCUT2D eigenvalue weighted by molar-refractivity contribution is 0.458. The Bertz CT molecular complexity index is 834. The lowest BCUT2D eigenvalue weighted by Crippen LogP contribution is -2.32. The van der Waals surface area contributed by atoms with E-state index >= 15 is 0 Å². The molecule has 8 nitrogen and oxygen atoms in total. The molecule has 0 spiro atoms. The molecule has 2 aliphatic rings. The molecule has 0 bridgehead atoms. The minimum absolute atomic E-state index is 0.383. The van der Waals surface area contributed by atoms with E-state index in [2.05, 4.69) is 20.2 Å². The first-order valence-corrected chi connectivity index (χ1v) is 9.72. The summed E-state index contributed by atoms with van der Waals surface area (Å²) in [5.74, 6) is 2.53. The molecule has 2 fully saturated rings. The Balaban J connectivity index is 1.55. The molecule has 9 heteroatoms. The molecule has 2 atom stereocenters. The number of anilines is 1. The van der Waals surface area contributed by atoms with Crippen LogP contribution in [0.15, 0.2) is 12.1 Å². The molecular weight excluding hydrogens is 316 g/mol. The Kier molecular flexibility index (Phi) is 3.31. The van der Waals surface area contributed by atoms with Crippen LogP contribution in [-0.2, 0) is 16.4 Å². The third-order valence-corrected chi connectivity index (χ3v) is 6.11. The quantitative estimate of drug-likeness (QED) is 0.785. The van der Waals surface area contributed by atoms with Gasteiger partial charge in [0.05, 0.1) is 6.26 Å². The fourth-order valence-corrected chi connectivity index (χ4v) is 4.55. The van der Waals surface area contributed by atoms with Crippen LogP contribution in [0, 0.1) is 11.8 Å². The number of nitrogens with zero attached hydrogens (tertiary/aromatic N) is 6. The molecular formula is C14H20N6O2S. The summed E-state index contributed by atoms with van der Waals surface area (Å²) in [7, 11) is -3.08. The van der Waals surface area contributed by atoms with Crippen LogP contribution in [0.2, 0.25) is 0 Å². The van der Waals surface area contributed by atoms with Crippen LogP contribution < -0.4 is 4.90 Å². The Morgan fingerprint density at radius 2 is 1.83 bits per heavy atom. The number of aromatic nitrogens is 4. The second-order valence-electron chi connectivity index (χ2n) is 6.44. The van der Waals surface area contributed by atoms with E-state index in [0.717, 1.165) is 36.8 Å². The number of hydrogen-bond acceptors (Lipinski definition) is 6. The van der Waals surface area contributed by atoms with E-state index in [1.165, 1.54) is 6.26 Å². The molecule has 0 saturated carbocycles. The van der Waals surface area contributed by atoms with Gasteiger partial charge < -0.3 is 4.90 Å². The van der Waals surface area contributed by atoms with Gasteiger partial charge in [-0.1, -0.05) is 6.92 Å². The van der Waals surface area contributed by atoms with Crippen LogP contribution in [0.3, 0.4) is 0 Å². The summed E-state index contributed by atoms with van der Waals surface area (Å²) in [6.07, 6.45) is 2.08. The maximum absolute atomic E-state index is 11.7. The van der Waals surface area contributed by atoms with Crippen molar-refractivity contribution < 1.29 is 8.42 Å². The first-order valence-electron chi connectivity index (χ1n) is 7.87. The van der Waals surface area contributed by atoms with E-state index < -0.39 is 10.0 Å². The van der Waals surface area contributed by atoms with Crippen LogP contribution in [0.25, 0.3) is 5.65 Å². The number of aryl methyl sites for hydroxylation is 1. The second kappa shape index (κ2) is 5.13. The summed E-state index contributed by atoms with van der Waals surface area (Å²) in [6, 6.07) is 3.91. The van der Waals surface area contributed by atoms with Crippen molar-refractivity contribution in [3.8, 4) is 0 Å². The van der Waals surface area contributed by atoms with Crippen molar-refractivity contribution in [1.29, 1.82) is 0 Å². The van der Waals surface area contributed by atoms with Gasteiger partial charge in [0.15, 0.2) is 11.5 Å².